The zero-order valence-corrected chi connectivity index (χ0v) is 9.63. The topological polar surface area (TPSA) is 17.8 Å². The molecule has 84 valence electrons. The quantitative estimate of drug-likeness (QED) is 0.574. The van der Waals surface area contributed by atoms with Gasteiger partial charge in [-0.05, 0) is 0 Å². The second-order valence-corrected chi connectivity index (χ2v) is 3.73. The SMILES string of the molecule is C#CCn1cnc(-c2ccccc2)c1CC=C. The maximum absolute atomic E-state index is 5.35. The lowest BCUT2D eigenvalue weighted by Gasteiger charge is -2.05. The third-order valence-electron chi connectivity index (χ3n) is 2.59. The van der Waals surface area contributed by atoms with E-state index in [4.69, 9.17) is 6.42 Å². The second kappa shape index (κ2) is 5.18. The normalized spacial score (nSPS) is 9.82. The molecule has 1 aromatic heterocycles. The van der Waals surface area contributed by atoms with Crippen LogP contribution in [0.25, 0.3) is 11.3 Å². The van der Waals surface area contributed by atoms with Crippen LogP contribution in [0.15, 0.2) is 49.3 Å². The predicted molar refractivity (Wildman–Crippen MR) is 70.4 cm³/mol. The van der Waals surface area contributed by atoms with Gasteiger partial charge in [0.15, 0.2) is 0 Å². The molecule has 17 heavy (non-hydrogen) atoms. The largest absolute Gasteiger partial charge is 0.322 e. The molecule has 0 bridgehead atoms. The predicted octanol–water partition coefficient (Wildman–Crippen LogP) is 2.91. The smallest absolute Gasteiger partial charge is 0.0964 e. The summed E-state index contributed by atoms with van der Waals surface area (Å²) < 4.78 is 1.99. The van der Waals surface area contributed by atoms with Gasteiger partial charge in [0.25, 0.3) is 0 Å². The van der Waals surface area contributed by atoms with E-state index < -0.39 is 0 Å². The second-order valence-electron chi connectivity index (χ2n) is 3.73. The van der Waals surface area contributed by atoms with Crippen LogP contribution >= 0.6 is 0 Å². The van der Waals surface area contributed by atoms with Gasteiger partial charge in [0.2, 0.25) is 0 Å². The van der Waals surface area contributed by atoms with E-state index >= 15 is 0 Å². The number of hydrogen-bond acceptors (Lipinski definition) is 1. The summed E-state index contributed by atoms with van der Waals surface area (Å²) in [6.45, 7) is 4.32. The van der Waals surface area contributed by atoms with E-state index in [1.807, 2.05) is 28.8 Å². The van der Waals surface area contributed by atoms with E-state index in [-0.39, 0.29) is 0 Å². The number of aromatic nitrogens is 2. The first-order chi connectivity index (χ1) is 8.36. The van der Waals surface area contributed by atoms with Gasteiger partial charge in [-0.3, -0.25) is 0 Å². The molecule has 1 heterocycles. The van der Waals surface area contributed by atoms with Crippen molar-refractivity contribution in [2.75, 3.05) is 0 Å². The van der Waals surface area contributed by atoms with Crippen LogP contribution in [0.1, 0.15) is 5.69 Å². The Morgan fingerprint density at radius 2 is 2.12 bits per heavy atom. The number of benzene rings is 1. The number of hydrogen-bond donors (Lipinski definition) is 0. The van der Waals surface area contributed by atoms with Gasteiger partial charge in [-0.25, -0.2) is 4.98 Å². The lowest BCUT2D eigenvalue weighted by Crippen LogP contribution is -2.00. The molecule has 2 heteroatoms. The van der Waals surface area contributed by atoms with E-state index in [0.29, 0.717) is 6.54 Å². The first kappa shape index (κ1) is 11.2. The molecule has 2 aromatic rings. The summed E-state index contributed by atoms with van der Waals surface area (Å²) >= 11 is 0. The molecule has 0 saturated heterocycles. The Bertz CT molecular complexity index is 544. The third kappa shape index (κ3) is 2.29. The Morgan fingerprint density at radius 1 is 1.35 bits per heavy atom. The van der Waals surface area contributed by atoms with E-state index in [9.17, 15) is 0 Å². The highest BCUT2D eigenvalue weighted by Crippen LogP contribution is 2.22. The van der Waals surface area contributed by atoms with Crippen LogP contribution in [-0.2, 0) is 13.0 Å². The van der Waals surface area contributed by atoms with E-state index in [0.717, 1.165) is 23.4 Å². The highest BCUT2D eigenvalue weighted by Gasteiger charge is 2.10. The van der Waals surface area contributed by atoms with Crippen molar-refractivity contribution in [2.24, 2.45) is 0 Å². The number of imidazole rings is 1. The Hall–Kier alpha value is -2.27. The van der Waals surface area contributed by atoms with Gasteiger partial charge in [0, 0.05) is 12.0 Å². The van der Waals surface area contributed by atoms with Crippen molar-refractivity contribution in [3.8, 4) is 23.6 Å². The summed E-state index contributed by atoms with van der Waals surface area (Å²) in [4.78, 5) is 4.44. The number of allylic oxidation sites excluding steroid dienone is 1. The molecule has 0 fully saturated rings. The van der Waals surface area contributed by atoms with Crippen molar-refractivity contribution in [1.29, 1.82) is 0 Å². The number of rotatable bonds is 4. The summed E-state index contributed by atoms with van der Waals surface area (Å²) in [5, 5.41) is 0. The molecule has 0 unspecified atom stereocenters. The maximum atomic E-state index is 5.35. The first-order valence-electron chi connectivity index (χ1n) is 5.50. The molecule has 2 rings (SSSR count). The van der Waals surface area contributed by atoms with Crippen molar-refractivity contribution in [1.82, 2.24) is 9.55 Å². The average Bonchev–Trinajstić information content (AvgIpc) is 2.75. The van der Waals surface area contributed by atoms with Crippen LogP contribution in [0.3, 0.4) is 0 Å². The highest BCUT2D eigenvalue weighted by molar-refractivity contribution is 5.62. The minimum atomic E-state index is 0.545. The molecule has 0 amide bonds. The number of terminal acetylenes is 1. The van der Waals surface area contributed by atoms with Gasteiger partial charge in [-0.1, -0.05) is 42.3 Å². The fourth-order valence-electron chi connectivity index (χ4n) is 1.83. The molecule has 0 aliphatic heterocycles. The fourth-order valence-corrected chi connectivity index (χ4v) is 1.83. The summed E-state index contributed by atoms with van der Waals surface area (Å²) in [6, 6.07) is 10.1. The Morgan fingerprint density at radius 3 is 2.76 bits per heavy atom. The molecule has 0 radical (unpaired) electrons. The van der Waals surface area contributed by atoms with Crippen molar-refractivity contribution in [2.45, 2.75) is 13.0 Å². The molecular weight excluding hydrogens is 208 g/mol. The van der Waals surface area contributed by atoms with Gasteiger partial charge in [-0.2, -0.15) is 0 Å². The minimum absolute atomic E-state index is 0.545. The molecule has 2 nitrogen and oxygen atoms in total. The lowest BCUT2D eigenvalue weighted by atomic mass is 10.1. The zero-order valence-electron chi connectivity index (χ0n) is 9.63. The number of nitrogens with zero attached hydrogens (tertiary/aromatic N) is 2. The van der Waals surface area contributed by atoms with E-state index in [1.165, 1.54) is 0 Å². The summed E-state index contributed by atoms with van der Waals surface area (Å²) in [5.41, 5.74) is 3.21. The van der Waals surface area contributed by atoms with Crippen LogP contribution in [0.2, 0.25) is 0 Å². The molecule has 0 atom stereocenters. The van der Waals surface area contributed by atoms with Crippen molar-refractivity contribution in [3.63, 3.8) is 0 Å². The monoisotopic (exact) mass is 222 g/mol. The van der Waals surface area contributed by atoms with Crippen molar-refractivity contribution >= 4 is 0 Å². The van der Waals surface area contributed by atoms with Gasteiger partial charge in [0.1, 0.15) is 0 Å². The van der Waals surface area contributed by atoms with Gasteiger partial charge >= 0.3 is 0 Å². The zero-order chi connectivity index (χ0) is 12.1. The van der Waals surface area contributed by atoms with Crippen molar-refractivity contribution in [3.05, 3.63) is 55.0 Å². The van der Waals surface area contributed by atoms with E-state index in [2.05, 4.69) is 29.6 Å². The Labute approximate surface area is 102 Å². The van der Waals surface area contributed by atoms with Crippen LogP contribution in [0.5, 0.6) is 0 Å². The minimum Gasteiger partial charge on any atom is -0.322 e. The van der Waals surface area contributed by atoms with Crippen molar-refractivity contribution < 1.29 is 0 Å². The molecule has 0 saturated carbocycles. The van der Waals surface area contributed by atoms with Crippen LogP contribution in [0, 0.1) is 12.3 Å². The molecule has 1 aromatic carbocycles. The molecule has 0 spiro atoms. The van der Waals surface area contributed by atoms with Crippen LogP contribution in [0.4, 0.5) is 0 Å². The Kier molecular flexibility index (Phi) is 3.42. The molecule has 0 aliphatic rings. The average molecular weight is 222 g/mol. The summed E-state index contributed by atoms with van der Waals surface area (Å²) in [7, 11) is 0. The lowest BCUT2D eigenvalue weighted by molar-refractivity contribution is 0.793. The van der Waals surface area contributed by atoms with Crippen LogP contribution in [-0.4, -0.2) is 9.55 Å². The van der Waals surface area contributed by atoms with Gasteiger partial charge in [-0.15, -0.1) is 13.0 Å². The van der Waals surface area contributed by atoms with Crippen LogP contribution < -0.4 is 0 Å². The van der Waals surface area contributed by atoms with E-state index in [1.54, 1.807) is 6.33 Å². The highest BCUT2D eigenvalue weighted by atomic mass is 15.1. The fraction of sp³-hybridized carbons (Fsp3) is 0.133. The first-order valence-corrected chi connectivity index (χ1v) is 5.50. The summed E-state index contributed by atoms with van der Waals surface area (Å²) in [6.07, 6.45) is 9.78. The van der Waals surface area contributed by atoms with Gasteiger partial charge < -0.3 is 4.57 Å². The molecular formula is C15H14N2. The standard InChI is InChI=1S/C15H14N2/c1-3-8-14-15(13-9-6-5-7-10-13)16-12-17(14)11-4-2/h2-3,5-7,9-10,12H,1,8,11H2. The summed E-state index contributed by atoms with van der Waals surface area (Å²) in [5.74, 6) is 2.64. The van der Waals surface area contributed by atoms with Gasteiger partial charge in [0.05, 0.1) is 24.3 Å². The maximum Gasteiger partial charge on any atom is 0.0964 e. The third-order valence-corrected chi connectivity index (χ3v) is 2.59. The Balaban J connectivity index is 2.48. The molecule has 0 aliphatic carbocycles. The molecule has 0 N–H and O–H groups in total.